The first-order chi connectivity index (χ1) is 8.76. The van der Waals surface area contributed by atoms with Crippen molar-refractivity contribution in [3.05, 3.63) is 35.6 Å². The maximum atomic E-state index is 11.9. The first-order valence-corrected chi connectivity index (χ1v) is 6.29. The molecule has 1 aromatic carbocycles. The fourth-order valence-corrected chi connectivity index (χ4v) is 2.22. The lowest BCUT2D eigenvalue weighted by Gasteiger charge is -2.19. The van der Waals surface area contributed by atoms with E-state index in [1.54, 1.807) is 7.11 Å². The molecule has 0 spiro atoms. The predicted molar refractivity (Wildman–Crippen MR) is 70.4 cm³/mol. The second kappa shape index (κ2) is 5.71. The van der Waals surface area contributed by atoms with Gasteiger partial charge >= 0.3 is 0 Å². The third-order valence-electron chi connectivity index (χ3n) is 3.06. The molecule has 0 amide bonds. The van der Waals surface area contributed by atoms with Crippen molar-refractivity contribution < 1.29 is 14.3 Å². The van der Waals surface area contributed by atoms with Gasteiger partial charge < -0.3 is 9.47 Å². The summed E-state index contributed by atoms with van der Waals surface area (Å²) >= 11 is 0. The van der Waals surface area contributed by atoms with Gasteiger partial charge in [-0.15, -0.1) is 0 Å². The molecule has 1 aliphatic rings. The number of benzene rings is 1. The molecule has 0 aromatic heterocycles. The zero-order chi connectivity index (χ0) is 13.0. The fraction of sp³-hybridized carbons (Fsp3) is 0.400. The Morgan fingerprint density at radius 3 is 2.83 bits per heavy atom. The highest BCUT2D eigenvalue weighted by Crippen LogP contribution is 2.32. The quantitative estimate of drug-likeness (QED) is 0.818. The number of hydrogen-bond donors (Lipinski definition) is 0. The van der Waals surface area contributed by atoms with Gasteiger partial charge in [0.25, 0.3) is 0 Å². The molecule has 0 N–H and O–H groups in total. The van der Waals surface area contributed by atoms with Crippen LogP contribution in [0.4, 0.5) is 0 Å². The van der Waals surface area contributed by atoms with Crippen molar-refractivity contribution in [2.45, 2.75) is 26.2 Å². The number of Topliss-reactive ketones (excluding diaryl/α,β-unsaturated/α-hetero) is 1. The van der Waals surface area contributed by atoms with E-state index >= 15 is 0 Å². The van der Waals surface area contributed by atoms with Crippen molar-refractivity contribution >= 4 is 11.4 Å². The average molecular weight is 246 g/mol. The third-order valence-corrected chi connectivity index (χ3v) is 3.06. The van der Waals surface area contributed by atoms with E-state index in [-0.39, 0.29) is 5.78 Å². The van der Waals surface area contributed by atoms with Crippen LogP contribution >= 0.6 is 0 Å². The molecular formula is C15H18O3. The lowest BCUT2D eigenvalue weighted by Crippen LogP contribution is -2.14. The summed E-state index contributed by atoms with van der Waals surface area (Å²) < 4.78 is 10.7. The number of carbonyl (C=O) groups excluding carboxylic acids is 1. The van der Waals surface area contributed by atoms with E-state index in [9.17, 15) is 4.79 Å². The summed E-state index contributed by atoms with van der Waals surface area (Å²) in [6.45, 7) is 2.42. The Kier molecular flexibility index (Phi) is 4.03. The Morgan fingerprint density at radius 2 is 2.11 bits per heavy atom. The van der Waals surface area contributed by atoms with Crippen molar-refractivity contribution in [1.29, 1.82) is 0 Å². The number of carbonyl (C=O) groups is 1. The lowest BCUT2D eigenvalue weighted by molar-refractivity contribution is -0.119. The number of hydrogen-bond acceptors (Lipinski definition) is 3. The van der Waals surface area contributed by atoms with Gasteiger partial charge in [-0.1, -0.05) is 12.1 Å². The summed E-state index contributed by atoms with van der Waals surface area (Å²) in [5.41, 5.74) is 2.03. The van der Waals surface area contributed by atoms with Crippen molar-refractivity contribution in [2.75, 3.05) is 13.7 Å². The molecule has 0 fully saturated rings. The Bertz CT molecular complexity index is 474. The number of rotatable bonds is 4. The monoisotopic (exact) mass is 246 g/mol. The highest BCUT2D eigenvalue weighted by Gasteiger charge is 2.22. The zero-order valence-corrected chi connectivity index (χ0v) is 10.9. The molecule has 0 aliphatic heterocycles. The van der Waals surface area contributed by atoms with Gasteiger partial charge in [0, 0.05) is 12.0 Å². The van der Waals surface area contributed by atoms with Gasteiger partial charge in [-0.3, -0.25) is 4.79 Å². The average Bonchev–Trinajstić information content (AvgIpc) is 2.41. The molecule has 3 nitrogen and oxygen atoms in total. The van der Waals surface area contributed by atoms with E-state index in [1.807, 2.05) is 31.2 Å². The minimum Gasteiger partial charge on any atom is -0.497 e. The van der Waals surface area contributed by atoms with Crippen LogP contribution in [0.15, 0.2) is 30.0 Å². The zero-order valence-electron chi connectivity index (χ0n) is 10.9. The summed E-state index contributed by atoms with van der Waals surface area (Å²) in [7, 11) is 1.64. The van der Waals surface area contributed by atoms with E-state index in [0.29, 0.717) is 18.8 Å². The number of ether oxygens (including phenoxy) is 2. The highest BCUT2D eigenvalue weighted by molar-refractivity contribution is 6.02. The third kappa shape index (κ3) is 2.55. The number of ketones is 1. The normalized spacial score (nSPS) is 15.8. The maximum absolute atomic E-state index is 11.9. The van der Waals surface area contributed by atoms with Crippen LogP contribution in [0.2, 0.25) is 0 Å². The van der Waals surface area contributed by atoms with E-state index < -0.39 is 0 Å². The van der Waals surface area contributed by atoms with E-state index in [2.05, 4.69) is 0 Å². The van der Waals surface area contributed by atoms with Crippen molar-refractivity contribution in [3.8, 4) is 5.75 Å². The minimum absolute atomic E-state index is 0.112. The van der Waals surface area contributed by atoms with Crippen LogP contribution in [0.1, 0.15) is 31.7 Å². The van der Waals surface area contributed by atoms with Gasteiger partial charge in [0.1, 0.15) is 5.75 Å². The molecular weight excluding hydrogens is 228 g/mol. The summed E-state index contributed by atoms with van der Waals surface area (Å²) in [6, 6.07) is 7.78. The van der Waals surface area contributed by atoms with Crippen LogP contribution in [0.3, 0.4) is 0 Å². The molecule has 0 saturated carbocycles. The fourth-order valence-electron chi connectivity index (χ4n) is 2.22. The topological polar surface area (TPSA) is 35.5 Å². The first kappa shape index (κ1) is 12.7. The van der Waals surface area contributed by atoms with Gasteiger partial charge in [0.05, 0.1) is 13.7 Å². The van der Waals surface area contributed by atoms with Gasteiger partial charge in [0.15, 0.2) is 11.5 Å². The van der Waals surface area contributed by atoms with Crippen LogP contribution in [0.5, 0.6) is 5.75 Å². The summed E-state index contributed by atoms with van der Waals surface area (Å²) in [5.74, 6) is 1.45. The molecule has 0 radical (unpaired) electrons. The first-order valence-electron chi connectivity index (χ1n) is 6.29. The Hall–Kier alpha value is -1.77. The standard InChI is InChI=1S/C15H18O3/c1-3-18-15-13(8-5-9-14(15)16)11-6-4-7-12(10-11)17-2/h4,6-7,10H,3,5,8-9H2,1-2H3. The van der Waals surface area contributed by atoms with Gasteiger partial charge in [-0.25, -0.2) is 0 Å². The van der Waals surface area contributed by atoms with E-state index in [1.165, 1.54) is 0 Å². The minimum atomic E-state index is 0.112. The second-order valence-electron chi connectivity index (χ2n) is 4.25. The Labute approximate surface area is 107 Å². The van der Waals surface area contributed by atoms with Crippen molar-refractivity contribution in [2.24, 2.45) is 0 Å². The van der Waals surface area contributed by atoms with Crippen molar-refractivity contribution in [3.63, 3.8) is 0 Å². The molecule has 0 saturated heterocycles. The Balaban J connectivity index is 2.43. The largest absolute Gasteiger partial charge is 0.497 e. The van der Waals surface area contributed by atoms with Crippen LogP contribution in [0.25, 0.3) is 5.57 Å². The van der Waals surface area contributed by atoms with Gasteiger partial charge in [0.2, 0.25) is 0 Å². The van der Waals surface area contributed by atoms with Gasteiger partial charge in [-0.05, 0) is 37.5 Å². The molecule has 1 aromatic rings. The van der Waals surface area contributed by atoms with Gasteiger partial charge in [-0.2, -0.15) is 0 Å². The molecule has 0 bridgehead atoms. The van der Waals surface area contributed by atoms with Crippen molar-refractivity contribution in [1.82, 2.24) is 0 Å². The number of allylic oxidation sites excluding steroid dienone is 2. The highest BCUT2D eigenvalue weighted by atomic mass is 16.5. The second-order valence-corrected chi connectivity index (χ2v) is 4.25. The molecule has 0 heterocycles. The molecule has 3 heteroatoms. The SMILES string of the molecule is CCOC1=C(c2cccc(OC)c2)CCCC1=O. The molecule has 2 rings (SSSR count). The van der Waals surface area contributed by atoms with Crippen LogP contribution in [-0.4, -0.2) is 19.5 Å². The maximum Gasteiger partial charge on any atom is 0.197 e. The van der Waals surface area contributed by atoms with Crippen LogP contribution < -0.4 is 4.74 Å². The van der Waals surface area contributed by atoms with Crippen LogP contribution in [0, 0.1) is 0 Å². The summed E-state index contributed by atoms with van der Waals surface area (Å²) in [6.07, 6.45) is 2.36. The number of methoxy groups -OCH3 is 1. The molecule has 18 heavy (non-hydrogen) atoms. The molecule has 0 atom stereocenters. The lowest BCUT2D eigenvalue weighted by atomic mass is 9.91. The summed E-state index contributed by atoms with van der Waals surface area (Å²) in [5, 5.41) is 0. The molecule has 1 aliphatic carbocycles. The summed E-state index contributed by atoms with van der Waals surface area (Å²) in [4.78, 5) is 11.9. The molecule has 0 unspecified atom stereocenters. The predicted octanol–water partition coefficient (Wildman–Crippen LogP) is 3.20. The molecule has 96 valence electrons. The van der Waals surface area contributed by atoms with E-state index in [0.717, 1.165) is 29.7 Å². The Morgan fingerprint density at radius 1 is 1.28 bits per heavy atom. The smallest absolute Gasteiger partial charge is 0.197 e. The van der Waals surface area contributed by atoms with Crippen LogP contribution in [-0.2, 0) is 9.53 Å². The van der Waals surface area contributed by atoms with E-state index in [4.69, 9.17) is 9.47 Å².